The van der Waals surface area contributed by atoms with Gasteiger partial charge in [-0.25, -0.2) is 13.2 Å². The van der Waals surface area contributed by atoms with Crippen LogP contribution in [0.3, 0.4) is 0 Å². The van der Waals surface area contributed by atoms with Gasteiger partial charge in [0.2, 0.25) is 10.0 Å². The van der Waals surface area contributed by atoms with E-state index in [-0.39, 0.29) is 28.7 Å². The van der Waals surface area contributed by atoms with E-state index in [1.54, 1.807) is 12.1 Å². The van der Waals surface area contributed by atoms with Crippen molar-refractivity contribution >= 4 is 45.3 Å². The third-order valence-electron chi connectivity index (χ3n) is 4.09. The molecule has 2 heterocycles. The number of morpholine rings is 1. The SMILES string of the molecule is O=C(COC(=O)/C=C/c1ccco1)Nc1cc(S(=O)(=O)N2CCOCC2)ccc1Cl. The summed E-state index contributed by atoms with van der Waals surface area (Å²) in [5, 5.41) is 2.60. The molecule has 1 aliphatic heterocycles. The zero-order chi connectivity index (χ0) is 21.6. The molecular weight excluding hydrogens is 436 g/mol. The topological polar surface area (TPSA) is 115 Å². The van der Waals surface area contributed by atoms with Gasteiger partial charge in [-0.3, -0.25) is 4.79 Å². The van der Waals surface area contributed by atoms with Crippen LogP contribution in [-0.4, -0.2) is 57.5 Å². The monoisotopic (exact) mass is 454 g/mol. The first kappa shape index (κ1) is 22.0. The van der Waals surface area contributed by atoms with Crippen LogP contribution < -0.4 is 5.32 Å². The minimum atomic E-state index is -3.75. The minimum absolute atomic E-state index is 0.0116. The lowest BCUT2D eigenvalue weighted by molar-refractivity contribution is -0.142. The highest BCUT2D eigenvalue weighted by atomic mass is 35.5. The molecule has 30 heavy (non-hydrogen) atoms. The molecule has 0 unspecified atom stereocenters. The number of rotatable bonds is 7. The van der Waals surface area contributed by atoms with Gasteiger partial charge in [0.25, 0.3) is 5.91 Å². The summed E-state index contributed by atoms with van der Waals surface area (Å²) in [6.07, 6.45) is 3.97. The number of furan rings is 1. The molecule has 0 radical (unpaired) electrons. The smallest absolute Gasteiger partial charge is 0.331 e. The second kappa shape index (κ2) is 9.90. The molecule has 0 saturated carbocycles. The highest BCUT2D eigenvalue weighted by Gasteiger charge is 2.27. The standard InChI is InChI=1S/C19H19ClN2O7S/c20-16-5-4-15(30(25,26)22-7-10-27-11-8-22)12-17(16)21-18(23)13-29-19(24)6-3-14-2-1-9-28-14/h1-6,9,12H,7-8,10-11,13H2,(H,21,23)/b6-3+. The molecule has 3 rings (SSSR count). The predicted octanol–water partition coefficient (Wildman–Crippen LogP) is 2.15. The number of halogens is 1. The number of nitrogens with one attached hydrogen (secondary N) is 1. The van der Waals surface area contributed by atoms with Crippen LogP contribution in [0, 0.1) is 0 Å². The highest BCUT2D eigenvalue weighted by Crippen LogP contribution is 2.27. The Balaban J connectivity index is 1.61. The molecule has 1 fully saturated rings. The molecule has 2 aromatic rings. The molecule has 0 aliphatic carbocycles. The van der Waals surface area contributed by atoms with Crippen molar-refractivity contribution in [3.63, 3.8) is 0 Å². The lowest BCUT2D eigenvalue weighted by Gasteiger charge is -2.26. The Labute approximate surface area is 178 Å². The Hall–Kier alpha value is -2.66. The molecule has 0 spiro atoms. The lowest BCUT2D eigenvalue weighted by atomic mass is 10.3. The highest BCUT2D eigenvalue weighted by molar-refractivity contribution is 7.89. The van der Waals surface area contributed by atoms with Crippen molar-refractivity contribution in [2.24, 2.45) is 0 Å². The second-order valence-electron chi connectivity index (χ2n) is 6.16. The van der Waals surface area contributed by atoms with Gasteiger partial charge in [0, 0.05) is 19.2 Å². The van der Waals surface area contributed by atoms with Crippen LogP contribution in [0.25, 0.3) is 6.08 Å². The molecule has 0 bridgehead atoms. The Morgan fingerprint density at radius 3 is 2.70 bits per heavy atom. The van der Waals surface area contributed by atoms with Gasteiger partial charge in [0.1, 0.15) is 5.76 Å². The van der Waals surface area contributed by atoms with E-state index in [1.807, 2.05) is 0 Å². The van der Waals surface area contributed by atoms with Gasteiger partial charge < -0.3 is 19.2 Å². The Bertz CT molecular complexity index is 1030. The van der Waals surface area contributed by atoms with Crippen molar-refractivity contribution in [2.75, 3.05) is 38.2 Å². The van der Waals surface area contributed by atoms with E-state index in [1.165, 1.54) is 34.8 Å². The first-order valence-electron chi connectivity index (χ1n) is 8.92. The van der Waals surface area contributed by atoms with Gasteiger partial charge >= 0.3 is 5.97 Å². The van der Waals surface area contributed by atoms with Gasteiger partial charge in [0.15, 0.2) is 6.61 Å². The maximum atomic E-state index is 12.8. The van der Waals surface area contributed by atoms with Crippen molar-refractivity contribution in [2.45, 2.75) is 4.90 Å². The molecule has 11 heteroatoms. The van der Waals surface area contributed by atoms with E-state index in [4.69, 9.17) is 25.5 Å². The fourth-order valence-corrected chi connectivity index (χ4v) is 4.20. The number of nitrogens with zero attached hydrogens (tertiary/aromatic N) is 1. The van der Waals surface area contributed by atoms with E-state index < -0.39 is 28.5 Å². The molecule has 0 atom stereocenters. The van der Waals surface area contributed by atoms with E-state index in [0.717, 1.165) is 6.08 Å². The summed E-state index contributed by atoms with van der Waals surface area (Å²) in [5.41, 5.74) is 0.0955. The Morgan fingerprint density at radius 1 is 1.23 bits per heavy atom. The molecule has 1 N–H and O–H groups in total. The average Bonchev–Trinajstić information content (AvgIpc) is 3.26. The molecular formula is C19H19ClN2O7S. The van der Waals surface area contributed by atoms with E-state index >= 15 is 0 Å². The summed E-state index contributed by atoms with van der Waals surface area (Å²) >= 11 is 6.07. The summed E-state index contributed by atoms with van der Waals surface area (Å²) in [6.45, 7) is 0.548. The number of benzene rings is 1. The van der Waals surface area contributed by atoms with Crippen LogP contribution in [0.15, 0.2) is 52.0 Å². The number of carbonyl (C=O) groups excluding carboxylic acids is 2. The summed E-state index contributed by atoms with van der Waals surface area (Å²) in [4.78, 5) is 23.8. The van der Waals surface area contributed by atoms with Crippen LogP contribution in [-0.2, 0) is 29.1 Å². The van der Waals surface area contributed by atoms with Crippen molar-refractivity contribution in [1.29, 1.82) is 0 Å². The third kappa shape index (κ3) is 5.70. The molecule has 1 amide bonds. The molecule has 160 valence electrons. The number of ether oxygens (including phenoxy) is 2. The normalized spacial score (nSPS) is 15.2. The van der Waals surface area contributed by atoms with Crippen LogP contribution in [0.5, 0.6) is 0 Å². The van der Waals surface area contributed by atoms with Gasteiger partial charge in [-0.15, -0.1) is 0 Å². The molecule has 9 nitrogen and oxygen atoms in total. The maximum absolute atomic E-state index is 12.8. The van der Waals surface area contributed by atoms with Gasteiger partial charge in [0.05, 0.1) is 35.1 Å². The summed E-state index contributed by atoms with van der Waals surface area (Å²) < 4.78 is 41.9. The molecule has 1 aromatic heterocycles. The Morgan fingerprint density at radius 2 is 2.00 bits per heavy atom. The number of anilines is 1. The fourth-order valence-electron chi connectivity index (χ4n) is 2.60. The summed E-state index contributed by atoms with van der Waals surface area (Å²) in [6, 6.07) is 7.32. The third-order valence-corrected chi connectivity index (χ3v) is 6.32. The minimum Gasteiger partial charge on any atom is -0.465 e. The summed E-state index contributed by atoms with van der Waals surface area (Å²) in [5.74, 6) is -0.949. The number of hydrogen-bond acceptors (Lipinski definition) is 7. The zero-order valence-electron chi connectivity index (χ0n) is 15.7. The molecule has 1 aromatic carbocycles. The number of hydrogen-bond donors (Lipinski definition) is 1. The van der Waals surface area contributed by atoms with E-state index in [2.05, 4.69) is 5.32 Å². The fraction of sp³-hybridized carbons (Fsp3) is 0.263. The largest absolute Gasteiger partial charge is 0.465 e. The number of amides is 1. The number of carbonyl (C=O) groups is 2. The number of sulfonamides is 1. The number of esters is 1. The van der Waals surface area contributed by atoms with Gasteiger partial charge in [-0.2, -0.15) is 4.31 Å². The maximum Gasteiger partial charge on any atom is 0.331 e. The molecule has 1 saturated heterocycles. The van der Waals surface area contributed by atoms with Crippen LogP contribution in [0.2, 0.25) is 5.02 Å². The van der Waals surface area contributed by atoms with Gasteiger partial charge in [-0.05, 0) is 36.4 Å². The van der Waals surface area contributed by atoms with Crippen LogP contribution >= 0.6 is 11.6 Å². The van der Waals surface area contributed by atoms with Crippen LogP contribution in [0.4, 0.5) is 5.69 Å². The van der Waals surface area contributed by atoms with Gasteiger partial charge in [-0.1, -0.05) is 11.6 Å². The summed E-state index contributed by atoms with van der Waals surface area (Å²) in [7, 11) is -3.75. The van der Waals surface area contributed by atoms with Crippen molar-refractivity contribution in [1.82, 2.24) is 4.31 Å². The Kier molecular flexibility index (Phi) is 7.27. The van der Waals surface area contributed by atoms with Crippen molar-refractivity contribution < 1.29 is 31.9 Å². The predicted molar refractivity (Wildman–Crippen MR) is 108 cm³/mol. The van der Waals surface area contributed by atoms with E-state index in [0.29, 0.717) is 19.0 Å². The lowest BCUT2D eigenvalue weighted by Crippen LogP contribution is -2.40. The first-order chi connectivity index (χ1) is 14.4. The van der Waals surface area contributed by atoms with Crippen LogP contribution in [0.1, 0.15) is 5.76 Å². The second-order valence-corrected chi connectivity index (χ2v) is 8.51. The zero-order valence-corrected chi connectivity index (χ0v) is 17.3. The quantitative estimate of drug-likeness (QED) is 0.503. The van der Waals surface area contributed by atoms with Crippen molar-refractivity contribution in [3.8, 4) is 0 Å². The van der Waals surface area contributed by atoms with Crippen molar-refractivity contribution in [3.05, 3.63) is 53.5 Å². The average molecular weight is 455 g/mol. The molecule has 1 aliphatic rings. The first-order valence-corrected chi connectivity index (χ1v) is 10.7. The van der Waals surface area contributed by atoms with E-state index in [9.17, 15) is 18.0 Å².